The van der Waals surface area contributed by atoms with Crippen molar-refractivity contribution >= 4 is 27.8 Å². The number of methoxy groups -OCH3 is 1. The average Bonchev–Trinajstić information content (AvgIpc) is 3.50. The Morgan fingerprint density at radius 1 is 1.00 bits per heavy atom. The maximum atomic E-state index is 14.4. The number of ether oxygens (including phenoxy) is 2. The van der Waals surface area contributed by atoms with Crippen molar-refractivity contribution in [2.75, 3.05) is 19.0 Å². The van der Waals surface area contributed by atoms with Crippen molar-refractivity contribution in [3.05, 3.63) is 95.7 Å². The normalized spacial score (nSPS) is 15.9. The van der Waals surface area contributed by atoms with Crippen molar-refractivity contribution in [1.82, 2.24) is 34.1 Å². The highest BCUT2D eigenvalue weighted by Gasteiger charge is 2.23. The van der Waals surface area contributed by atoms with E-state index in [4.69, 9.17) is 9.47 Å². The molecular weight excluding hydrogens is 544 g/mol. The first-order valence-electron chi connectivity index (χ1n) is 14.3. The Morgan fingerprint density at radius 3 is 2.60 bits per heavy atom. The van der Waals surface area contributed by atoms with Crippen LogP contribution in [0.25, 0.3) is 38.8 Å². The number of anilines is 1. The second-order valence-electron chi connectivity index (χ2n) is 10.5. The topological polar surface area (TPSA) is 122 Å². The molecule has 2 atom stereocenters. The molecular formula is C32H30N8O3. The molecule has 1 saturated heterocycles. The number of benzene rings is 2. The number of nitrogens with zero attached hydrogens (tertiary/aromatic N) is 7. The van der Waals surface area contributed by atoms with E-state index in [2.05, 4.69) is 30.2 Å². The lowest BCUT2D eigenvalue weighted by molar-refractivity contribution is -0.0298. The fourth-order valence-electron chi connectivity index (χ4n) is 5.74. The predicted octanol–water partition coefficient (Wildman–Crippen LogP) is 5.47. The molecule has 11 heteroatoms. The number of pyridine rings is 1. The summed E-state index contributed by atoms with van der Waals surface area (Å²) in [5.74, 6) is 0.586. The molecule has 1 fully saturated rings. The molecule has 4 aromatic heterocycles. The lowest BCUT2D eigenvalue weighted by Crippen LogP contribution is -2.26. The molecule has 1 aliphatic rings. The molecule has 0 bridgehead atoms. The minimum Gasteiger partial charge on any atom is -0.467 e. The summed E-state index contributed by atoms with van der Waals surface area (Å²) >= 11 is 0. The van der Waals surface area contributed by atoms with Gasteiger partial charge in [0, 0.05) is 35.9 Å². The predicted molar refractivity (Wildman–Crippen MR) is 163 cm³/mol. The maximum absolute atomic E-state index is 14.4. The van der Waals surface area contributed by atoms with Crippen molar-refractivity contribution in [2.24, 2.45) is 0 Å². The van der Waals surface area contributed by atoms with Crippen molar-refractivity contribution in [1.29, 1.82) is 0 Å². The number of hydrogen-bond donors (Lipinski definition) is 1. The largest absolute Gasteiger partial charge is 0.467 e. The van der Waals surface area contributed by atoms with Gasteiger partial charge >= 0.3 is 6.01 Å². The Morgan fingerprint density at radius 2 is 1.84 bits per heavy atom. The van der Waals surface area contributed by atoms with Gasteiger partial charge in [0.1, 0.15) is 12.6 Å². The summed E-state index contributed by atoms with van der Waals surface area (Å²) in [6, 6.07) is 17.4. The molecule has 0 radical (unpaired) electrons. The van der Waals surface area contributed by atoms with Crippen molar-refractivity contribution in [3.63, 3.8) is 0 Å². The van der Waals surface area contributed by atoms with Crippen molar-refractivity contribution in [2.45, 2.75) is 38.5 Å². The zero-order valence-corrected chi connectivity index (χ0v) is 23.8. The summed E-state index contributed by atoms with van der Waals surface area (Å²) in [6.45, 7) is 2.74. The van der Waals surface area contributed by atoms with Crippen LogP contribution in [-0.4, -0.2) is 47.8 Å². The van der Waals surface area contributed by atoms with E-state index in [0.29, 0.717) is 22.4 Å². The first-order valence-corrected chi connectivity index (χ1v) is 14.3. The van der Waals surface area contributed by atoms with Gasteiger partial charge in [-0.2, -0.15) is 0 Å². The highest BCUT2D eigenvalue weighted by molar-refractivity contribution is 5.96. The van der Waals surface area contributed by atoms with E-state index >= 15 is 0 Å². The van der Waals surface area contributed by atoms with Gasteiger partial charge in [0.05, 0.1) is 24.9 Å². The summed E-state index contributed by atoms with van der Waals surface area (Å²) in [6.07, 6.45) is 9.63. The van der Waals surface area contributed by atoms with Gasteiger partial charge in [-0.25, -0.2) is 24.9 Å². The van der Waals surface area contributed by atoms with Crippen LogP contribution in [0, 0.1) is 0 Å². The number of para-hydroxylation sites is 1. The average molecular weight is 575 g/mol. The van der Waals surface area contributed by atoms with Crippen molar-refractivity contribution in [3.8, 4) is 22.8 Å². The molecule has 2 aromatic carbocycles. The van der Waals surface area contributed by atoms with Crippen molar-refractivity contribution < 1.29 is 9.47 Å². The van der Waals surface area contributed by atoms with E-state index in [1.807, 2.05) is 66.1 Å². The molecule has 0 aliphatic carbocycles. The standard InChI is InChI=1S/C32H30N8O3/c1-20(38-29-28-30(36-18-35-29)39(19-37-28)26-13-6-7-14-43-26)25-15-21-9-8-12-24(22-16-33-32(42-2)34-17-22)27(21)31(41)40(25)23-10-4-3-5-11-23/h3-5,8-12,15-20,26H,6-7,13-14H2,1-2H3,(H,35,36,38)/t20-,26?/m0/s1. The molecule has 0 saturated carbocycles. The van der Waals surface area contributed by atoms with Gasteiger partial charge in [-0.15, -0.1) is 0 Å². The van der Waals surface area contributed by atoms with E-state index in [-0.39, 0.29) is 23.8 Å². The Labute approximate surface area is 247 Å². The number of aromatic nitrogens is 7. The molecule has 6 aromatic rings. The first-order chi connectivity index (χ1) is 21.1. The van der Waals surface area contributed by atoms with Gasteiger partial charge in [0.25, 0.3) is 5.56 Å². The zero-order chi connectivity index (χ0) is 29.3. The fraction of sp³-hybridized carbons (Fsp3) is 0.250. The molecule has 43 heavy (non-hydrogen) atoms. The number of rotatable bonds is 7. The summed E-state index contributed by atoms with van der Waals surface area (Å²) in [5, 5.41) is 4.90. The lowest BCUT2D eigenvalue weighted by atomic mass is 9.99. The van der Waals surface area contributed by atoms with Crippen LogP contribution in [0.15, 0.2) is 84.4 Å². The maximum Gasteiger partial charge on any atom is 0.316 e. The molecule has 1 N–H and O–H groups in total. The highest BCUT2D eigenvalue weighted by Crippen LogP contribution is 2.32. The summed E-state index contributed by atoms with van der Waals surface area (Å²) < 4.78 is 14.8. The van der Waals surface area contributed by atoms with Crippen LogP contribution in [0.2, 0.25) is 0 Å². The molecule has 1 aliphatic heterocycles. The number of nitrogens with one attached hydrogen (secondary N) is 1. The Hall–Kier alpha value is -5.16. The highest BCUT2D eigenvalue weighted by atomic mass is 16.5. The molecule has 216 valence electrons. The molecule has 5 heterocycles. The van der Waals surface area contributed by atoms with Gasteiger partial charge in [0.2, 0.25) is 0 Å². The second-order valence-corrected chi connectivity index (χ2v) is 10.5. The fourth-order valence-corrected chi connectivity index (χ4v) is 5.74. The van der Waals surface area contributed by atoms with Crippen LogP contribution in [0.5, 0.6) is 6.01 Å². The zero-order valence-electron chi connectivity index (χ0n) is 23.8. The smallest absolute Gasteiger partial charge is 0.316 e. The van der Waals surface area contributed by atoms with Gasteiger partial charge in [-0.3, -0.25) is 13.9 Å². The van der Waals surface area contributed by atoms with Gasteiger partial charge < -0.3 is 14.8 Å². The molecule has 0 amide bonds. The van der Waals surface area contributed by atoms with Gasteiger partial charge in [0.15, 0.2) is 17.0 Å². The summed E-state index contributed by atoms with van der Waals surface area (Å²) in [7, 11) is 1.52. The minimum atomic E-state index is -0.320. The third-order valence-electron chi connectivity index (χ3n) is 7.83. The number of hydrogen-bond acceptors (Lipinski definition) is 9. The number of fused-ring (bicyclic) bond motifs is 2. The molecule has 0 spiro atoms. The van der Waals surface area contributed by atoms with Gasteiger partial charge in [-0.1, -0.05) is 36.4 Å². The second kappa shape index (κ2) is 11.3. The van der Waals surface area contributed by atoms with E-state index in [9.17, 15) is 4.79 Å². The first kappa shape index (κ1) is 26.7. The van der Waals surface area contributed by atoms with E-state index in [0.717, 1.165) is 53.8 Å². The molecule has 11 nitrogen and oxygen atoms in total. The van der Waals surface area contributed by atoms with Crippen LogP contribution in [0.1, 0.15) is 44.1 Å². The van der Waals surface area contributed by atoms with Crippen LogP contribution in [-0.2, 0) is 4.74 Å². The summed E-state index contributed by atoms with van der Waals surface area (Å²) in [4.78, 5) is 36.7. The Kier molecular flexibility index (Phi) is 6.99. The third kappa shape index (κ3) is 4.87. The molecule has 7 rings (SSSR count). The Bertz CT molecular complexity index is 1970. The van der Waals surface area contributed by atoms with Crippen LogP contribution >= 0.6 is 0 Å². The lowest BCUT2D eigenvalue weighted by Gasteiger charge is -2.24. The van der Waals surface area contributed by atoms with E-state index < -0.39 is 0 Å². The van der Waals surface area contributed by atoms with Crippen LogP contribution < -0.4 is 15.6 Å². The van der Waals surface area contributed by atoms with Crippen LogP contribution in [0.3, 0.4) is 0 Å². The van der Waals surface area contributed by atoms with E-state index in [1.165, 1.54) is 13.4 Å². The number of imidazole rings is 1. The Balaban J connectivity index is 1.34. The monoisotopic (exact) mass is 574 g/mol. The third-order valence-corrected chi connectivity index (χ3v) is 7.83. The summed E-state index contributed by atoms with van der Waals surface area (Å²) in [5.41, 5.74) is 4.21. The van der Waals surface area contributed by atoms with E-state index in [1.54, 1.807) is 23.3 Å². The van der Waals surface area contributed by atoms with Gasteiger partial charge in [-0.05, 0) is 55.3 Å². The SMILES string of the molecule is COc1ncc(-c2cccc3cc([C@H](C)Nc4ncnc5c4ncn5C4CCCCO4)n(-c4ccccc4)c(=O)c23)cn1. The quantitative estimate of drug-likeness (QED) is 0.265. The molecule has 1 unspecified atom stereocenters. The minimum absolute atomic E-state index is 0.0898. The van der Waals surface area contributed by atoms with Crippen LogP contribution in [0.4, 0.5) is 5.82 Å².